The minimum Gasteiger partial charge on any atom is -0.492 e. The van der Waals surface area contributed by atoms with Crippen molar-refractivity contribution in [2.24, 2.45) is 0 Å². The fourth-order valence-electron chi connectivity index (χ4n) is 2.26. The number of nitrogens with zero attached hydrogens (tertiary/aromatic N) is 2. The van der Waals surface area contributed by atoms with Gasteiger partial charge in [-0.15, -0.1) is 11.3 Å². The molecule has 3 rings (SSSR count). The molecule has 0 spiro atoms. The van der Waals surface area contributed by atoms with Gasteiger partial charge in [-0.3, -0.25) is 4.79 Å². The van der Waals surface area contributed by atoms with Gasteiger partial charge in [-0.25, -0.2) is 9.97 Å². The molecule has 1 aromatic carbocycles. The number of benzene rings is 1. The molecule has 7 heteroatoms. The number of amides is 1. The maximum Gasteiger partial charge on any atom is 0.226 e. The van der Waals surface area contributed by atoms with E-state index in [1.165, 1.54) is 11.3 Å². The first-order chi connectivity index (χ1) is 12.7. The van der Waals surface area contributed by atoms with Crippen LogP contribution in [-0.2, 0) is 11.2 Å². The summed E-state index contributed by atoms with van der Waals surface area (Å²) in [5, 5.41) is 8.58. The van der Waals surface area contributed by atoms with Crippen LogP contribution in [0, 0.1) is 6.92 Å². The van der Waals surface area contributed by atoms with Gasteiger partial charge in [-0.05, 0) is 36.8 Å². The maximum atomic E-state index is 12.0. The number of nitrogens with one attached hydrogen (secondary N) is 2. The average molecular weight is 368 g/mol. The first kappa shape index (κ1) is 17.9. The second-order valence-electron chi connectivity index (χ2n) is 5.68. The van der Waals surface area contributed by atoms with Gasteiger partial charge in [0.25, 0.3) is 0 Å². The molecular formula is C19H20N4O2S. The van der Waals surface area contributed by atoms with Crippen LogP contribution in [-0.4, -0.2) is 29.0 Å². The number of aromatic nitrogens is 2. The van der Waals surface area contributed by atoms with Gasteiger partial charge in [0.1, 0.15) is 18.2 Å². The number of hydrogen-bond acceptors (Lipinski definition) is 6. The highest BCUT2D eigenvalue weighted by Gasteiger charge is 2.08. The highest BCUT2D eigenvalue weighted by Crippen LogP contribution is 2.20. The lowest BCUT2D eigenvalue weighted by atomic mass is 10.3. The quantitative estimate of drug-likeness (QED) is 0.597. The molecule has 0 fully saturated rings. The molecule has 2 aromatic heterocycles. The molecule has 0 aliphatic heterocycles. The Morgan fingerprint density at radius 1 is 1.23 bits per heavy atom. The van der Waals surface area contributed by atoms with Gasteiger partial charge < -0.3 is 15.4 Å². The fourth-order valence-corrected chi connectivity index (χ4v) is 2.98. The van der Waals surface area contributed by atoms with E-state index in [9.17, 15) is 4.79 Å². The molecule has 26 heavy (non-hydrogen) atoms. The summed E-state index contributed by atoms with van der Waals surface area (Å²) in [4.78, 5) is 20.7. The molecule has 1 amide bonds. The molecule has 0 saturated heterocycles. The summed E-state index contributed by atoms with van der Waals surface area (Å²) in [7, 11) is 0. The van der Waals surface area contributed by atoms with Crippen LogP contribution < -0.4 is 15.4 Å². The first-order valence-corrected chi connectivity index (χ1v) is 9.15. The second-order valence-corrected chi connectivity index (χ2v) is 6.53. The van der Waals surface area contributed by atoms with Crippen molar-refractivity contribution in [1.29, 1.82) is 0 Å². The summed E-state index contributed by atoms with van der Waals surface area (Å²) in [5.74, 6) is 1.46. The number of thiazole rings is 1. The van der Waals surface area contributed by atoms with Crippen molar-refractivity contribution in [3.63, 3.8) is 0 Å². The Bertz CT molecular complexity index is 852. The van der Waals surface area contributed by atoms with Gasteiger partial charge in [0.15, 0.2) is 5.13 Å². The number of anilines is 2. The number of hydrogen-bond donors (Lipinski definition) is 2. The van der Waals surface area contributed by atoms with Crippen molar-refractivity contribution in [2.75, 3.05) is 18.5 Å². The van der Waals surface area contributed by atoms with Crippen LogP contribution in [0.25, 0.3) is 0 Å². The third-order valence-electron chi connectivity index (χ3n) is 3.48. The van der Waals surface area contributed by atoms with E-state index in [4.69, 9.17) is 4.74 Å². The van der Waals surface area contributed by atoms with Crippen molar-refractivity contribution in [2.45, 2.75) is 13.3 Å². The molecule has 2 N–H and O–H groups in total. The zero-order chi connectivity index (χ0) is 18.2. The minimum absolute atomic E-state index is 0.0767. The Morgan fingerprint density at radius 3 is 2.88 bits per heavy atom. The van der Waals surface area contributed by atoms with Crippen LogP contribution in [0.4, 0.5) is 10.9 Å². The monoisotopic (exact) mass is 368 g/mol. The smallest absolute Gasteiger partial charge is 0.226 e. The molecule has 0 aliphatic rings. The van der Waals surface area contributed by atoms with Crippen LogP contribution in [0.3, 0.4) is 0 Å². The standard InChI is InChI=1S/C19H20N4O2S/c1-14-7-8-20-17(11-14)23-19-22-15(13-26-19)12-18(24)21-9-10-25-16-5-3-2-4-6-16/h2-8,11,13H,9-10,12H2,1H3,(H,21,24)(H,20,22,23). The molecular weight excluding hydrogens is 348 g/mol. The SMILES string of the molecule is Cc1ccnc(Nc2nc(CC(=O)NCCOc3ccccc3)cs2)c1. The Labute approximate surface area is 156 Å². The van der Waals surface area contributed by atoms with Gasteiger partial charge >= 0.3 is 0 Å². The number of ether oxygens (including phenoxy) is 1. The van der Waals surface area contributed by atoms with E-state index in [2.05, 4.69) is 20.6 Å². The van der Waals surface area contributed by atoms with Crippen LogP contribution in [0.15, 0.2) is 54.0 Å². The van der Waals surface area contributed by atoms with Gasteiger partial charge in [-0.1, -0.05) is 18.2 Å². The normalized spacial score (nSPS) is 10.3. The fraction of sp³-hybridized carbons (Fsp3) is 0.211. The van der Waals surface area contributed by atoms with Crippen LogP contribution in [0.2, 0.25) is 0 Å². The molecule has 6 nitrogen and oxygen atoms in total. The van der Waals surface area contributed by atoms with E-state index in [0.29, 0.717) is 13.2 Å². The number of carbonyl (C=O) groups is 1. The molecule has 3 aromatic rings. The van der Waals surface area contributed by atoms with Crippen LogP contribution >= 0.6 is 11.3 Å². The third kappa shape index (κ3) is 5.56. The highest BCUT2D eigenvalue weighted by atomic mass is 32.1. The van der Waals surface area contributed by atoms with E-state index in [1.807, 2.05) is 54.8 Å². The molecule has 0 aliphatic carbocycles. The molecule has 2 heterocycles. The van der Waals surface area contributed by atoms with E-state index in [-0.39, 0.29) is 12.3 Å². The number of para-hydroxylation sites is 1. The molecule has 0 bridgehead atoms. The second kappa shape index (κ2) is 8.96. The van der Waals surface area contributed by atoms with Gasteiger partial charge in [-0.2, -0.15) is 0 Å². The summed E-state index contributed by atoms with van der Waals surface area (Å²) in [6.45, 7) is 2.89. The summed E-state index contributed by atoms with van der Waals surface area (Å²) in [5.41, 5.74) is 1.85. The lowest BCUT2D eigenvalue weighted by molar-refractivity contribution is -0.120. The summed E-state index contributed by atoms with van der Waals surface area (Å²) in [6.07, 6.45) is 1.99. The van der Waals surface area contributed by atoms with Crippen molar-refractivity contribution in [3.05, 3.63) is 65.3 Å². The predicted molar refractivity (Wildman–Crippen MR) is 103 cm³/mol. The zero-order valence-electron chi connectivity index (χ0n) is 14.4. The van der Waals surface area contributed by atoms with Crippen molar-refractivity contribution >= 4 is 28.2 Å². The highest BCUT2D eigenvalue weighted by molar-refractivity contribution is 7.13. The number of pyridine rings is 1. The van der Waals surface area contributed by atoms with Crippen LogP contribution in [0.5, 0.6) is 5.75 Å². The minimum atomic E-state index is -0.0767. The van der Waals surface area contributed by atoms with E-state index in [1.54, 1.807) is 6.20 Å². The van der Waals surface area contributed by atoms with E-state index < -0.39 is 0 Å². The molecule has 134 valence electrons. The Kier molecular flexibility index (Phi) is 6.16. The van der Waals surface area contributed by atoms with Gasteiger partial charge in [0.2, 0.25) is 5.91 Å². The molecule has 0 atom stereocenters. The topological polar surface area (TPSA) is 76.1 Å². The van der Waals surface area contributed by atoms with E-state index >= 15 is 0 Å². The van der Waals surface area contributed by atoms with Crippen molar-refractivity contribution in [1.82, 2.24) is 15.3 Å². The number of carbonyl (C=O) groups excluding carboxylic acids is 1. The van der Waals surface area contributed by atoms with E-state index in [0.717, 1.165) is 28.0 Å². The average Bonchev–Trinajstić information content (AvgIpc) is 3.06. The molecule has 0 saturated carbocycles. The van der Waals surface area contributed by atoms with Crippen molar-refractivity contribution < 1.29 is 9.53 Å². The number of rotatable bonds is 8. The van der Waals surface area contributed by atoms with Gasteiger partial charge in [0.05, 0.1) is 18.7 Å². The Morgan fingerprint density at radius 2 is 2.08 bits per heavy atom. The largest absolute Gasteiger partial charge is 0.492 e. The maximum absolute atomic E-state index is 12.0. The third-order valence-corrected chi connectivity index (χ3v) is 4.29. The molecule has 0 radical (unpaired) electrons. The first-order valence-electron chi connectivity index (χ1n) is 8.28. The van der Waals surface area contributed by atoms with Crippen molar-refractivity contribution in [3.8, 4) is 5.75 Å². The molecule has 0 unspecified atom stereocenters. The number of aryl methyl sites for hydroxylation is 1. The summed E-state index contributed by atoms with van der Waals surface area (Å²) in [6, 6.07) is 13.4. The lowest BCUT2D eigenvalue weighted by Crippen LogP contribution is -2.29. The van der Waals surface area contributed by atoms with Gasteiger partial charge in [0, 0.05) is 11.6 Å². The summed E-state index contributed by atoms with van der Waals surface area (Å²) < 4.78 is 5.54. The summed E-state index contributed by atoms with van der Waals surface area (Å²) >= 11 is 1.45. The predicted octanol–water partition coefficient (Wildman–Crippen LogP) is 3.33. The zero-order valence-corrected chi connectivity index (χ0v) is 15.3. The Hall–Kier alpha value is -2.93. The lowest BCUT2D eigenvalue weighted by Gasteiger charge is -2.07. The Balaban J connectivity index is 1.41. The van der Waals surface area contributed by atoms with Crippen LogP contribution in [0.1, 0.15) is 11.3 Å².